The Labute approximate surface area is 161 Å². The highest BCUT2D eigenvalue weighted by atomic mass is 16.2. The summed E-state index contributed by atoms with van der Waals surface area (Å²) < 4.78 is 0. The molecule has 0 aromatic heterocycles. The number of fused-ring (bicyclic) bond motifs is 1. The van der Waals surface area contributed by atoms with E-state index in [1.54, 1.807) is 31.2 Å². The lowest BCUT2D eigenvalue weighted by atomic mass is 9.88. The number of carbonyl (C=O) groups is 3. The number of nitrogens with two attached hydrogens (primary N) is 1. The van der Waals surface area contributed by atoms with Gasteiger partial charge in [-0.15, -0.1) is 0 Å². The summed E-state index contributed by atoms with van der Waals surface area (Å²) in [5.41, 5.74) is 5.97. The molecule has 4 rings (SSSR count). The minimum Gasteiger partial charge on any atom is -0.366 e. The van der Waals surface area contributed by atoms with E-state index in [0.29, 0.717) is 5.56 Å². The van der Waals surface area contributed by atoms with Gasteiger partial charge in [0.05, 0.1) is 6.54 Å². The van der Waals surface area contributed by atoms with Gasteiger partial charge in [0.1, 0.15) is 5.54 Å². The number of carbonyl (C=O) groups excluding carboxylic acids is 3. The van der Waals surface area contributed by atoms with Crippen molar-refractivity contribution >= 4 is 28.6 Å². The van der Waals surface area contributed by atoms with Gasteiger partial charge in [-0.1, -0.05) is 54.6 Å². The molecule has 1 atom stereocenters. The lowest BCUT2D eigenvalue weighted by Crippen LogP contribution is -2.41. The van der Waals surface area contributed by atoms with Crippen LogP contribution in [0.2, 0.25) is 0 Å². The molecule has 1 fully saturated rings. The monoisotopic (exact) mass is 373 g/mol. The van der Waals surface area contributed by atoms with E-state index in [1.807, 2.05) is 42.5 Å². The molecule has 0 bridgehead atoms. The number of nitrogens with one attached hydrogen (secondary N) is 1. The summed E-state index contributed by atoms with van der Waals surface area (Å²) in [6, 6.07) is 19.6. The molecule has 3 aromatic carbocycles. The lowest BCUT2D eigenvalue weighted by molar-refractivity contribution is -0.131. The fourth-order valence-electron chi connectivity index (χ4n) is 3.64. The molecule has 0 saturated carbocycles. The van der Waals surface area contributed by atoms with Gasteiger partial charge in [0.15, 0.2) is 0 Å². The first-order valence-corrected chi connectivity index (χ1v) is 8.91. The van der Waals surface area contributed by atoms with Crippen molar-refractivity contribution in [2.24, 2.45) is 5.73 Å². The summed E-state index contributed by atoms with van der Waals surface area (Å²) >= 11 is 0. The largest absolute Gasteiger partial charge is 0.366 e. The van der Waals surface area contributed by atoms with E-state index in [4.69, 9.17) is 5.73 Å². The highest BCUT2D eigenvalue weighted by Crippen LogP contribution is 2.34. The zero-order chi connectivity index (χ0) is 19.9. The standard InChI is InChI=1S/C22H19N3O3/c1-22(18-8-4-6-15-5-2-3-7-17(15)18)20(27)25(21(28)24-22)13-14-9-11-16(12-10-14)19(23)26/h2-12H,13H2,1H3,(H2,23,26)(H,24,28)/t22-/m0/s1. The number of primary amides is 1. The Kier molecular flexibility index (Phi) is 4.11. The molecule has 0 spiro atoms. The summed E-state index contributed by atoms with van der Waals surface area (Å²) in [7, 11) is 0. The first-order valence-electron chi connectivity index (χ1n) is 8.91. The van der Waals surface area contributed by atoms with Crippen molar-refractivity contribution in [3.63, 3.8) is 0 Å². The van der Waals surface area contributed by atoms with Crippen molar-refractivity contribution in [2.75, 3.05) is 0 Å². The third kappa shape index (κ3) is 2.79. The quantitative estimate of drug-likeness (QED) is 0.689. The highest BCUT2D eigenvalue weighted by molar-refractivity contribution is 6.09. The summed E-state index contributed by atoms with van der Waals surface area (Å²) in [4.78, 5) is 38.2. The van der Waals surface area contributed by atoms with E-state index < -0.39 is 17.5 Å². The predicted molar refractivity (Wildman–Crippen MR) is 105 cm³/mol. The van der Waals surface area contributed by atoms with Crippen LogP contribution < -0.4 is 11.1 Å². The summed E-state index contributed by atoms with van der Waals surface area (Å²) in [5.74, 6) is -0.835. The number of rotatable bonds is 4. The summed E-state index contributed by atoms with van der Waals surface area (Å²) in [6.45, 7) is 1.84. The second-order valence-corrected chi connectivity index (χ2v) is 7.03. The van der Waals surface area contributed by atoms with Crippen molar-refractivity contribution in [2.45, 2.75) is 19.0 Å². The fourth-order valence-corrected chi connectivity index (χ4v) is 3.64. The van der Waals surface area contributed by atoms with Crippen molar-refractivity contribution in [1.29, 1.82) is 0 Å². The first-order chi connectivity index (χ1) is 13.4. The maximum Gasteiger partial charge on any atom is 0.325 e. The van der Waals surface area contributed by atoms with Gasteiger partial charge in [-0.25, -0.2) is 4.79 Å². The van der Waals surface area contributed by atoms with Gasteiger partial charge >= 0.3 is 6.03 Å². The molecule has 140 valence electrons. The Bertz CT molecular complexity index is 1100. The Balaban J connectivity index is 1.67. The molecule has 28 heavy (non-hydrogen) atoms. The van der Waals surface area contributed by atoms with Crippen LogP contribution in [0, 0.1) is 0 Å². The van der Waals surface area contributed by atoms with E-state index in [1.165, 1.54) is 4.90 Å². The Morgan fingerprint density at radius 3 is 2.39 bits per heavy atom. The van der Waals surface area contributed by atoms with E-state index >= 15 is 0 Å². The van der Waals surface area contributed by atoms with E-state index in [9.17, 15) is 14.4 Å². The molecule has 1 heterocycles. The number of urea groups is 1. The Morgan fingerprint density at radius 1 is 1.00 bits per heavy atom. The van der Waals surface area contributed by atoms with Crippen LogP contribution in [0.3, 0.4) is 0 Å². The van der Waals surface area contributed by atoms with Gasteiger partial charge in [-0.3, -0.25) is 14.5 Å². The average Bonchev–Trinajstić information content (AvgIpc) is 2.92. The van der Waals surface area contributed by atoms with Gasteiger partial charge in [-0.2, -0.15) is 0 Å². The van der Waals surface area contributed by atoms with Crippen LogP contribution in [0.4, 0.5) is 4.79 Å². The zero-order valence-electron chi connectivity index (χ0n) is 15.3. The zero-order valence-corrected chi connectivity index (χ0v) is 15.3. The minimum atomic E-state index is -1.15. The highest BCUT2D eigenvalue weighted by Gasteiger charge is 2.49. The minimum absolute atomic E-state index is 0.115. The van der Waals surface area contributed by atoms with Crippen LogP contribution in [0.15, 0.2) is 66.7 Å². The van der Waals surface area contributed by atoms with Crippen LogP contribution >= 0.6 is 0 Å². The molecule has 0 unspecified atom stereocenters. The molecule has 4 amide bonds. The third-order valence-electron chi connectivity index (χ3n) is 5.18. The van der Waals surface area contributed by atoms with Crippen molar-refractivity contribution in [3.8, 4) is 0 Å². The number of imide groups is 1. The molecular formula is C22H19N3O3. The third-order valence-corrected chi connectivity index (χ3v) is 5.18. The molecule has 3 aromatic rings. The maximum atomic E-state index is 13.2. The molecule has 0 aliphatic carbocycles. The molecule has 3 N–H and O–H groups in total. The molecule has 6 heteroatoms. The fraction of sp³-hybridized carbons (Fsp3) is 0.136. The van der Waals surface area contributed by atoms with Crippen molar-refractivity contribution in [3.05, 3.63) is 83.4 Å². The topological polar surface area (TPSA) is 92.5 Å². The molecule has 6 nitrogen and oxygen atoms in total. The summed E-state index contributed by atoms with van der Waals surface area (Å²) in [6.07, 6.45) is 0. The van der Waals surface area contributed by atoms with Gasteiger partial charge in [0.25, 0.3) is 5.91 Å². The SMILES string of the molecule is C[C@@]1(c2cccc3ccccc23)NC(=O)N(Cc2ccc(C(N)=O)cc2)C1=O. The maximum absolute atomic E-state index is 13.2. The average molecular weight is 373 g/mol. The van der Waals surface area contributed by atoms with Gasteiger partial charge < -0.3 is 11.1 Å². The number of nitrogens with zero attached hydrogens (tertiary/aromatic N) is 1. The predicted octanol–water partition coefficient (Wildman–Crippen LogP) is 2.91. The Morgan fingerprint density at radius 2 is 1.68 bits per heavy atom. The van der Waals surface area contributed by atoms with E-state index in [2.05, 4.69) is 5.32 Å². The van der Waals surface area contributed by atoms with Crippen LogP contribution in [0.1, 0.15) is 28.4 Å². The number of amides is 4. The molecular weight excluding hydrogens is 354 g/mol. The van der Waals surface area contributed by atoms with Crippen molar-refractivity contribution < 1.29 is 14.4 Å². The lowest BCUT2D eigenvalue weighted by Gasteiger charge is -2.24. The van der Waals surface area contributed by atoms with Crippen LogP contribution in [0.5, 0.6) is 0 Å². The number of hydrogen-bond acceptors (Lipinski definition) is 3. The molecule has 1 aliphatic rings. The van der Waals surface area contributed by atoms with Gasteiger partial charge in [-0.05, 0) is 41.0 Å². The second kappa shape index (κ2) is 6.49. The van der Waals surface area contributed by atoms with E-state index in [0.717, 1.165) is 21.9 Å². The number of benzene rings is 3. The van der Waals surface area contributed by atoms with Crippen molar-refractivity contribution in [1.82, 2.24) is 10.2 Å². The van der Waals surface area contributed by atoms with Crippen LogP contribution in [0.25, 0.3) is 10.8 Å². The smallest absolute Gasteiger partial charge is 0.325 e. The van der Waals surface area contributed by atoms with Crippen LogP contribution in [-0.4, -0.2) is 22.7 Å². The first kappa shape index (κ1) is 17.7. The Hall–Kier alpha value is -3.67. The van der Waals surface area contributed by atoms with Gasteiger partial charge in [0.2, 0.25) is 5.91 Å². The second-order valence-electron chi connectivity index (χ2n) is 7.03. The molecule has 1 aliphatic heterocycles. The van der Waals surface area contributed by atoms with E-state index in [-0.39, 0.29) is 12.5 Å². The summed E-state index contributed by atoms with van der Waals surface area (Å²) in [5, 5.41) is 4.78. The number of hydrogen-bond donors (Lipinski definition) is 2. The van der Waals surface area contributed by atoms with Crippen LogP contribution in [-0.2, 0) is 16.9 Å². The normalized spacial score (nSPS) is 19.1. The molecule has 1 saturated heterocycles. The van der Waals surface area contributed by atoms with Gasteiger partial charge in [0, 0.05) is 5.56 Å². The molecule has 0 radical (unpaired) electrons.